The fourth-order valence-corrected chi connectivity index (χ4v) is 3.17. The zero-order valence-corrected chi connectivity index (χ0v) is 10.7. The average molecular weight is 289 g/mol. The van der Waals surface area contributed by atoms with E-state index in [9.17, 15) is 4.21 Å². The molecular formula is C10H13BrN2OS. The van der Waals surface area contributed by atoms with Crippen LogP contribution in [0, 0.1) is 0 Å². The van der Waals surface area contributed by atoms with Crippen LogP contribution in [-0.2, 0) is 10.8 Å². The third-order valence-corrected chi connectivity index (χ3v) is 4.34. The minimum Gasteiger partial charge on any atom is -0.381 e. The zero-order chi connectivity index (χ0) is 10.7. The number of nitrogens with zero attached hydrogens (tertiary/aromatic N) is 1. The maximum atomic E-state index is 11.2. The lowest BCUT2D eigenvalue weighted by atomic mass is 10.1. The van der Waals surface area contributed by atoms with E-state index in [1.54, 1.807) is 0 Å². The highest BCUT2D eigenvalue weighted by molar-refractivity contribution is 9.10. The highest BCUT2D eigenvalue weighted by Gasteiger charge is 2.17. The Labute approximate surface area is 100 Å². The SMILES string of the molecule is O=S1CCC(Nc2ccc(Br)nc2)CC1. The van der Waals surface area contributed by atoms with Gasteiger partial charge in [-0.15, -0.1) is 0 Å². The molecule has 1 aromatic heterocycles. The largest absolute Gasteiger partial charge is 0.381 e. The second-order valence-electron chi connectivity index (χ2n) is 3.64. The molecule has 2 rings (SSSR count). The smallest absolute Gasteiger partial charge is 0.106 e. The molecule has 1 aromatic rings. The van der Waals surface area contributed by atoms with Crippen LogP contribution in [0.4, 0.5) is 5.69 Å². The number of hydrogen-bond acceptors (Lipinski definition) is 3. The molecule has 0 radical (unpaired) electrons. The van der Waals surface area contributed by atoms with E-state index in [4.69, 9.17) is 0 Å². The minimum atomic E-state index is -0.586. The van der Waals surface area contributed by atoms with E-state index in [2.05, 4.69) is 26.2 Å². The molecule has 1 saturated heterocycles. The molecule has 15 heavy (non-hydrogen) atoms. The first-order valence-electron chi connectivity index (χ1n) is 4.97. The summed E-state index contributed by atoms with van der Waals surface area (Å²) in [6, 6.07) is 4.37. The number of anilines is 1. The van der Waals surface area contributed by atoms with Crippen LogP contribution in [0.3, 0.4) is 0 Å². The molecule has 2 heterocycles. The zero-order valence-electron chi connectivity index (χ0n) is 8.28. The Bertz CT molecular complexity index is 345. The second kappa shape index (κ2) is 5.07. The van der Waals surface area contributed by atoms with E-state index >= 15 is 0 Å². The maximum Gasteiger partial charge on any atom is 0.106 e. The summed E-state index contributed by atoms with van der Waals surface area (Å²) < 4.78 is 12.0. The first-order valence-corrected chi connectivity index (χ1v) is 7.25. The van der Waals surface area contributed by atoms with Crippen molar-refractivity contribution in [1.29, 1.82) is 0 Å². The lowest BCUT2D eigenvalue weighted by Crippen LogP contribution is -2.29. The van der Waals surface area contributed by atoms with Crippen molar-refractivity contribution in [2.45, 2.75) is 18.9 Å². The molecular weight excluding hydrogens is 276 g/mol. The molecule has 1 N–H and O–H groups in total. The summed E-state index contributed by atoms with van der Waals surface area (Å²) >= 11 is 3.30. The molecule has 1 aliphatic heterocycles. The van der Waals surface area contributed by atoms with Gasteiger partial charge >= 0.3 is 0 Å². The number of halogens is 1. The molecule has 0 aliphatic carbocycles. The molecule has 0 bridgehead atoms. The second-order valence-corrected chi connectivity index (χ2v) is 6.14. The summed E-state index contributed by atoms with van der Waals surface area (Å²) in [6.45, 7) is 0. The van der Waals surface area contributed by atoms with E-state index in [-0.39, 0.29) is 0 Å². The Kier molecular flexibility index (Phi) is 3.75. The Morgan fingerprint density at radius 3 is 2.73 bits per heavy atom. The average Bonchev–Trinajstić information content (AvgIpc) is 2.25. The molecule has 0 spiro atoms. The van der Waals surface area contributed by atoms with Gasteiger partial charge in [0.25, 0.3) is 0 Å². The molecule has 1 fully saturated rings. The lowest BCUT2D eigenvalue weighted by molar-refractivity contribution is 0.624. The topological polar surface area (TPSA) is 42.0 Å². The first kappa shape index (κ1) is 11.1. The fourth-order valence-electron chi connectivity index (χ4n) is 1.64. The molecule has 1 aliphatic rings. The normalized spacial score (nSPS) is 26.2. The van der Waals surface area contributed by atoms with Crippen molar-refractivity contribution in [1.82, 2.24) is 4.98 Å². The van der Waals surface area contributed by atoms with Gasteiger partial charge in [0.2, 0.25) is 0 Å². The van der Waals surface area contributed by atoms with Crippen LogP contribution in [0.15, 0.2) is 22.9 Å². The summed E-state index contributed by atoms with van der Waals surface area (Å²) in [5.41, 5.74) is 1.04. The van der Waals surface area contributed by atoms with Crippen molar-refractivity contribution in [3.05, 3.63) is 22.9 Å². The van der Waals surface area contributed by atoms with Crippen molar-refractivity contribution in [2.75, 3.05) is 16.8 Å². The van der Waals surface area contributed by atoms with Gasteiger partial charge in [-0.3, -0.25) is 4.21 Å². The van der Waals surface area contributed by atoms with Gasteiger partial charge in [0.15, 0.2) is 0 Å². The van der Waals surface area contributed by atoms with Crippen molar-refractivity contribution in [3.8, 4) is 0 Å². The maximum absolute atomic E-state index is 11.2. The van der Waals surface area contributed by atoms with E-state index < -0.39 is 10.8 Å². The van der Waals surface area contributed by atoms with Crippen LogP contribution >= 0.6 is 15.9 Å². The van der Waals surface area contributed by atoms with Crippen LogP contribution in [0.5, 0.6) is 0 Å². The fraction of sp³-hybridized carbons (Fsp3) is 0.500. The first-order chi connectivity index (χ1) is 7.24. The quantitative estimate of drug-likeness (QED) is 0.848. The number of rotatable bonds is 2. The highest BCUT2D eigenvalue weighted by atomic mass is 79.9. The van der Waals surface area contributed by atoms with E-state index in [0.717, 1.165) is 34.6 Å². The van der Waals surface area contributed by atoms with Crippen LogP contribution in [0.25, 0.3) is 0 Å². The summed E-state index contributed by atoms with van der Waals surface area (Å²) in [7, 11) is -0.586. The third kappa shape index (κ3) is 3.28. The Morgan fingerprint density at radius 1 is 1.40 bits per heavy atom. The van der Waals surface area contributed by atoms with Crippen molar-refractivity contribution >= 4 is 32.4 Å². The monoisotopic (exact) mass is 288 g/mol. The third-order valence-electron chi connectivity index (χ3n) is 2.49. The summed E-state index contributed by atoms with van der Waals surface area (Å²) in [6.07, 6.45) is 3.79. The van der Waals surface area contributed by atoms with Crippen LogP contribution in [0.2, 0.25) is 0 Å². The number of hydrogen-bond donors (Lipinski definition) is 1. The van der Waals surface area contributed by atoms with E-state index in [1.165, 1.54) is 0 Å². The lowest BCUT2D eigenvalue weighted by Gasteiger charge is -2.23. The standard InChI is InChI=1S/C10H13BrN2OS/c11-10-2-1-9(7-12-10)13-8-3-5-15(14)6-4-8/h1-2,7-8,13H,3-6H2. The van der Waals surface area contributed by atoms with Crippen molar-refractivity contribution in [2.24, 2.45) is 0 Å². The number of aromatic nitrogens is 1. The van der Waals surface area contributed by atoms with Crippen LogP contribution in [-0.4, -0.2) is 26.7 Å². The highest BCUT2D eigenvalue weighted by Crippen LogP contribution is 2.16. The number of nitrogens with one attached hydrogen (secondary N) is 1. The minimum absolute atomic E-state index is 0.450. The predicted octanol–water partition coefficient (Wildman–Crippen LogP) is 2.17. The van der Waals surface area contributed by atoms with Crippen molar-refractivity contribution < 1.29 is 4.21 Å². The van der Waals surface area contributed by atoms with Gasteiger partial charge in [-0.25, -0.2) is 4.98 Å². The number of pyridine rings is 1. The Balaban J connectivity index is 1.91. The molecule has 5 heteroatoms. The molecule has 0 amide bonds. The summed E-state index contributed by atoms with van der Waals surface area (Å²) in [5, 5.41) is 3.41. The predicted molar refractivity (Wildman–Crippen MR) is 66.5 cm³/mol. The van der Waals surface area contributed by atoms with Gasteiger partial charge in [0.1, 0.15) is 4.60 Å². The van der Waals surface area contributed by atoms with E-state index in [1.807, 2.05) is 18.3 Å². The van der Waals surface area contributed by atoms with Gasteiger partial charge in [-0.05, 0) is 40.9 Å². The molecule has 0 atom stereocenters. The van der Waals surface area contributed by atoms with Crippen LogP contribution in [0.1, 0.15) is 12.8 Å². The molecule has 82 valence electrons. The van der Waals surface area contributed by atoms with Gasteiger partial charge < -0.3 is 5.32 Å². The van der Waals surface area contributed by atoms with Gasteiger partial charge in [-0.2, -0.15) is 0 Å². The van der Waals surface area contributed by atoms with Crippen LogP contribution < -0.4 is 5.32 Å². The van der Waals surface area contributed by atoms with E-state index in [0.29, 0.717) is 6.04 Å². The Hall–Kier alpha value is -0.420. The molecule has 0 saturated carbocycles. The Morgan fingerprint density at radius 2 is 2.13 bits per heavy atom. The summed E-state index contributed by atoms with van der Waals surface area (Å²) in [5.74, 6) is 1.64. The van der Waals surface area contributed by atoms with Gasteiger partial charge in [0.05, 0.1) is 11.9 Å². The molecule has 3 nitrogen and oxygen atoms in total. The van der Waals surface area contributed by atoms with Gasteiger partial charge in [-0.1, -0.05) is 0 Å². The summed E-state index contributed by atoms with van der Waals surface area (Å²) in [4.78, 5) is 4.15. The van der Waals surface area contributed by atoms with Gasteiger partial charge in [0, 0.05) is 28.3 Å². The van der Waals surface area contributed by atoms with Crippen molar-refractivity contribution in [3.63, 3.8) is 0 Å². The molecule has 0 aromatic carbocycles. The molecule has 0 unspecified atom stereocenters.